The molecule has 7 heteroatoms. The van der Waals surface area contributed by atoms with Crippen LogP contribution in [-0.2, 0) is 4.74 Å². The standard InChI is InChI=1S/C18H16N2O4S/c1-10-8-9-13(23-2)14-15(10)25-18(19-14)20-16(21)11-6-4-5-7-12(11)17(22)24-3/h4-9H,1-3H3,(H,19,20,21). The molecule has 0 spiro atoms. The Morgan fingerprint density at radius 2 is 1.80 bits per heavy atom. The summed E-state index contributed by atoms with van der Waals surface area (Å²) in [4.78, 5) is 28.9. The average Bonchev–Trinajstić information content (AvgIpc) is 3.06. The summed E-state index contributed by atoms with van der Waals surface area (Å²) < 4.78 is 11.0. The van der Waals surface area contributed by atoms with Crippen LogP contribution in [0.2, 0.25) is 0 Å². The first kappa shape index (κ1) is 16.9. The molecule has 0 radical (unpaired) electrons. The Hall–Kier alpha value is -2.93. The Bertz CT molecular complexity index is 965. The molecule has 0 aliphatic carbocycles. The molecule has 0 aliphatic rings. The van der Waals surface area contributed by atoms with Gasteiger partial charge in [-0.3, -0.25) is 10.1 Å². The number of carbonyl (C=O) groups excluding carboxylic acids is 2. The highest BCUT2D eigenvalue weighted by atomic mass is 32.1. The zero-order chi connectivity index (χ0) is 18.0. The predicted molar refractivity (Wildman–Crippen MR) is 96.6 cm³/mol. The number of aryl methyl sites for hydroxylation is 1. The highest BCUT2D eigenvalue weighted by molar-refractivity contribution is 7.22. The van der Waals surface area contributed by atoms with Crippen molar-refractivity contribution in [1.29, 1.82) is 0 Å². The van der Waals surface area contributed by atoms with Crippen LogP contribution in [0.3, 0.4) is 0 Å². The van der Waals surface area contributed by atoms with Gasteiger partial charge in [0, 0.05) is 0 Å². The van der Waals surface area contributed by atoms with Crippen molar-refractivity contribution in [3.8, 4) is 5.75 Å². The summed E-state index contributed by atoms with van der Waals surface area (Å²) >= 11 is 1.36. The Kier molecular flexibility index (Phi) is 4.67. The van der Waals surface area contributed by atoms with E-state index < -0.39 is 11.9 Å². The van der Waals surface area contributed by atoms with E-state index in [1.807, 2.05) is 19.1 Å². The fourth-order valence-corrected chi connectivity index (χ4v) is 3.41. The van der Waals surface area contributed by atoms with Gasteiger partial charge in [-0.25, -0.2) is 9.78 Å². The number of nitrogens with zero attached hydrogens (tertiary/aromatic N) is 1. The molecule has 0 saturated heterocycles. The van der Waals surface area contributed by atoms with Crippen molar-refractivity contribution in [3.05, 3.63) is 53.1 Å². The van der Waals surface area contributed by atoms with Crippen molar-refractivity contribution < 1.29 is 19.1 Å². The number of amides is 1. The van der Waals surface area contributed by atoms with Gasteiger partial charge in [-0.2, -0.15) is 0 Å². The van der Waals surface area contributed by atoms with Gasteiger partial charge >= 0.3 is 5.97 Å². The number of methoxy groups -OCH3 is 2. The van der Waals surface area contributed by atoms with Gasteiger partial charge in [-0.05, 0) is 30.7 Å². The van der Waals surface area contributed by atoms with Crippen LogP contribution in [-0.4, -0.2) is 31.1 Å². The van der Waals surface area contributed by atoms with Gasteiger partial charge in [0.2, 0.25) is 0 Å². The smallest absolute Gasteiger partial charge is 0.338 e. The van der Waals surface area contributed by atoms with Crippen LogP contribution in [0.15, 0.2) is 36.4 Å². The molecule has 0 bridgehead atoms. The van der Waals surface area contributed by atoms with Gasteiger partial charge in [0.05, 0.1) is 30.0 Å². The highest BCUT2D eigenvalue weighted by Gasteiger charge is 2.19. The van der Waals surface area contributed by atoms with Crippen molar-refractivity contribution in [3.63, 3.8) is 0 Å². The minimum absolute atomic E-state index is 0.206. The van der Waals surface area contributed by atoms with E-state index >= 15 is 0 Å². The number of ether oxygens (including phenoxy) is 2. The lowest BCUT2D eigenvalue weighted by Crippen LogP contribution is -2.16. The molecule has 1 heterocycles. The Labute approximate surface area is 148 Å². The molecule has 1 aromatic heterocycles. The van der Waals surface area contributed by atoms with Crippen LogP contribution < -0.4 is 10.1 Å². The summed E-state index contributed by atoms with van der Waals surface area (Å²) in [6.45, 7) is 1.97. The van der Waals surface area contributed by atoms with Crippen LogP contribution in [0.5, 0.6) is 5.75 Å². The lowest BCUT2D eigenvalue weighted by molar-refractivity contribution is 0.0597. The number of carbonyl (C=O) groups is 2. The normalized spacial score (nSPS) is 10.5. The first-order valence-corrected chi connectivity index (χ1v) is 8.29. The fraction of sp³-hybridized carbons (Fsp3) is 0.167. The molecule has 2 aromatic carbocycles. The summed E-state index contributed by atoms with van der Waals surface area (Å²) in [7, 11) is 2.86. The third-order valence-corrected chi connectivity index (χ3v) is 4.83. The second-order valence-electron chi connectivity index (χ2n) is 5.27. The van der Waals surface area contributed by atoms with E-state index in [1.165, 1.54) is 18.4 Å². The number of hydrogen-bond donors (Lipinski definition) is 1. The van der Waals surface area contributed by atoms with Crippen LogP contribution in [0.4, 0.5) is 5.13 Å². The molecule has 128 valence electrons. The summed E-state index contributed by atoms with van der Waals surface area (Å²) in [6.07, 6.45) is 0. The Morgan fingerprint density at radius 3 is 2.48 bits per heavy atom. The van der Waals surface area contributed by atoms with E-state index in [2.05, 4.69) is 10.3 Å². The van der Waals surface area contributed by atoms with E-state index in [-0.39, 0.29) is 11.1 Å². The fourth-order valence-electron chi connectivity index (χ4n) is 2.46. The summed E-state index contributed by atoms with van der Waals surface area (Å²) in [5, 5.41) is 3.19. The largest absolute Gasteiger partial charge is 0.494 e. The maximum atomic E-state index is 12.6. The monoisotopic (exact) mass is 356 g/mol. The van der Waals surface area contributed by atoms with Crippen LogP contribution in [0.1, 0.15) is 26.3 Å². The molecule has 1 N–H and O–H groups in total. The number of aromatic nitrogens is 1. The third-order valence-electron chi connectivity index (χ3n) is 3.72. The number of nitrogens with one attached hydrogen (secondary N) is 1. The number of rotatable bonds is 4. The van der Waals surface area contributed by atoms with Crippen molar-refractivity contribution in [2.24, 2.45) is 0 Å². The van der Waals surface area contributed by atoms with Gasteiger partial charge in [0.1, 0.15) is 11.3 Å². The van der Waals surface area contributed by atoms with Gasteiger partial charge in [-0.1, -0.05) is 29.5 Å². The molecule has 3 rings (SSSR count). The number of esters is 1. The highest BCUT2D eigenvalue weighted by Crippen LogP contribution is 2.34. The first-order valence-electron chi connectivity index (χ1n) is 7.48. The second-order valence-corrected chi connectivity index (χ2v) is 6.27. The summed E-state index contributed by atoms with van der Waals surface area (Å²) in [6, 6.07) is 10.3. The van der Waals surface area contributed by atoms with E-state index in [1.54, 1.807) is 31.4 Å². The number of anilines is 1. The van der Waals surface area contributed by atoms with Crippen LogP contribution in [0.25, 0.3) is 10.2 Å². The molecule has 0 fully saturated rings. The minimum atomic E-state index is -0.562. The average molecular weight is 356 g/mol. The van der Waals surface area contributed by atoms with Gasteiger partial charge in [0.25, 0.3) is 5.91 Å². The number of benzene rings is 2. The quantitative estimate of drug-likeness (QED) is 0.722. The maximum Gasteiger partial charge on any atom is 0.338 e. The topological polar surface area (TPSA) is 77.5 Å². The summed E-state index contributed by atoms with van der Waals surface area (Å²) in [5.74, 6) is -0.337. The molecule has 25 heavy (non-hydrogen) atoms. The Morgan fingerprint density at radius 1 is 1.08 bits per heavy atom. The minimum Gasteiger partial charge on any atom is -0.494 e. The molecule has 3 aromatic rings. The van der Waals surface area contributed by atoms with E-state index in [9.17, 15) is 9.59 Å². The molecular weight excluding hydrogens is 340 g/mol. The van der Waals surface area contributed by atoms with Crippen molar-refractivity contribution >= 4 is 38.6 Å². The van der Waals surface area contributed by atoms with Crippen molar-refractivity contribution in [2.45, 2.75) is 6.92 Å². The molecule has 6 nitrogen and oxygen atoms in total. The Balaban J connectivity index is 1.96. The molecule has 0 atom stereocenters. The third kappa shape index (κ3) is 3.18. The predicted octanol–water partition coefficient (Wildman–Crippen LogP) is 3.65. The van der Waals surface area contributed by atoms with E-state index in [0.29, 0.717) is 16.4 Å². The first-order chi connectivity index (χ1) is 12.0. The number of thiazole rings is 1. The molecule has 0 unspecified atom stereocenters. The second kappa shape index (κ2) is 6.90. The maximum absolute atomic E-state index is 12.6. The van der Waals surface area contributed by atoms with Crippen LogP contribution in [0, 0.1) is 6.92 Å². The SMILES string of the molecule is COC(=O)c1ccccc1C(=O)Nc1nc2c(OC)ccc(C)c2s1. The number of hydrogen-bond acceptors (Lipinski definition) is 6. The molecule has 1 amide bonds. The molecule has 0 saturated carbocycles. The van der Waals surface area contributed by atoms with Crippen LogP contribution >= 0.6 is 11.3 Å². The molecule has 0 aliphatic heterocycles. The molecular formula is C18H16N2O4S. The summed E-state index contributed by atoms with van der Waals surface area (Å²) in [5.41, 5.74) is 2.18. The van der Waals surface area contributed by atoms with E-state index in [4.69, 9.17) is 9.47 Å². The lowest BCUT2D eigenvalue weighted by atomic mass is 10.1. The zero-order valence-corrected chi connectivity index (χ0v) is 14.8. The van der Waals surface area contributed by atoms with Crippen molar-refractivity contribution in [2.75, 3.05) is 19.5 Å². The van der Waals surface area contributed by atoms with Crippen molar-refractivity contribution in [1.82, 2.24) is 4.98 Å². The van der Waals surface area contributed by atoms with E-state index in [0.717, 1.165) is 10.3 Å². The van der Waals surface area contributed by atoms with Gasteiger partial charge < -0.3 is 9.47 Å². The van der Waals surface area contributed by atoms with Gasteiger partial charge in [-0.15, -0.1) is 0 Å². The van der Waals surface area contributed by atoms with Gasteiger partial charge in [0.15, 0.2) is 5.13 Å². The number of fused-ring (bicyclic) bond motifs is 1. The zero-order valence-electron chi connectivity index (χ0n) is 14.0. The lowest BCUT2D eigenvalue weighted by Gasteiger charge is -2.06.